The first kappa shape index (κ1) is 15.0. The zero-order chi connectivity index (χ0) is 15.1. The zero-order valence-corrected chi connectivity index (χ0v) is 13.3. The number of fused-ring (bicyclic) bond motifs is 1. The number of hydrogen-bond donors (Lipinski definition) is 0. The number of methoxy groups -OCH3 is 1. The molecule has 2 aliphatic heterocycles. The highest BCUT2D eigenvalue weighted by molar-refractivity contribution is 7.89. The van der Waals surface area contributed by atoms with Crippen molar-refractivity contribution < 1.29 is 17.9 Å². The molecule has 0 amide bonds. The van der Waals surface area contributed by atoms with Crippen molar-refractivity contribution in [1.82, 2.24) is 4.31 Å². The van der Waals surface area contributed by atoms with E-state index in [1.165, 1.54) is 0 Å². The average molecular weight is 311 g/mol. The maximum Gasteiger partial charge on any atom is 0.243 e. The van der Waals surface area contributed by atoms with Gasteiger partial charge in [-0.05, 0) is 29.7 Å². The second-order valence-corrected chi connectivity index (χ2v) is 8.19. The Hall–Kier alpha value is -0.950. The van der Waals surface area contributed by atoms with Gasteiger partial charge in [0.05, 0.1) is 24.7 Å². The molecular formula is C15H21NO4S. The van der Waals surface area contributed by atoms with E-state index in [1.807, 2.05) is 6.07 Å². The third-order valence-corrected chi connectivity index (χ3v) is 6.19. The smallest absolute Gasteiger partial charge is 0.243 e. The highest BCUT2D eigenvalue weighted by Crippen LogP contribution is 2.34. The van der Waals surface area contributed by atoms with Crippen molar-refractivity contribution >= 4 is 10.0 Å². The largest absolute Gasteiger partial charge is 0.384 e. The van der Waals surface area contributed by atoms with Crippen molar-refractivity contribution in [2.45, 2.75) is 31.5 Å². The molecule has 6 heteroatoms. The van der Waals surface area contributed by atoms with Crippen LogP contribution in [0.4, 0.5) is 0 Å². The summed E-state index contributed by atoms with van der Waals surface area (Å²) >= 11 is 0. The van der Waals surface area contributed by atoms with Crippen molar-refractivity contribution in [1.29, 1.82) is 0 Å². The van der Waals surface area contributed by atoms with Gasteiger partial charge in [0.25, 0.3) is 0 Å². The minimum absolute atomic E-state index is 0.0956. The second-order valence-electron chi connectivity index (χ2n) is 6.26. The maximum atomic E-state index is 12.8. The molecular weight excluding hydrogens is 290 g/mol. The van der Waals surface area contributed by atoms with Gasteiger partial charge in [-0.1, -0.05) is 13.0 Å². The minimum Gasteiger partial charge on any atom is -0.384 e. The molecule has 1 fully saturated rings. The topological polar surface area (TPSA) is 55.8 Å². The number of hydrogen-bond acceptors (Lipinski definition) is 4. The number of benzene rings is 1. The Morgan fingerprint density at radius 2 is 2.10 bits per heavy atom. The van der Waals surface area contributed by atoms with Crippen LogP contribution in [0.1, 0.15) is 24.5 Å². The SMILES string of the molecule is COCC1(C)CCN(S(=O)(=O)c2ccc3c(c2)COC3)C1. The van der Waals surface area contributed by atoms with Crippen LogP contribution in [0.15, 0.2) is 23.1 Å². The Morgan fingerprint density at radius 3 is 2.86 bits per heavy atom. The van der Waals surface area contributed by atoms with Gasteiger partial charge in [0.1, 0.15) is 0 Å². The predicted octanol–water partition coefficient (Wildman–Crippen LogP) is 1.76. The summed E-state index contributed by atoms with van der Waals surface area (Å²) in [6, 6.07) is 5.30. The summed E-state index contributed by atoms with van der Waals surface area (Å²) in [4.78, 5) is 0.369. The molecule has 1 aromatic rings. The van der Waals surface area contributed by atoms with Crippen molar-refractivity contribution in [3.05, 3.63) is 29.3 Å². The number of ether oxygens (including phenoxy) is 2. The Morgan fingerprint density at radius 1 is 1.33 bits per heavy atom. The summed E-state index contributed by atoms with van der Waals surface area (Å²) in [5, 5.41) is 0. The van der Waals surface area contributed by atoms with Gasteiger partial charge < -0.3 is 9.47 Å². The molecule has 116 valence electrons. The minimum atomic E-state index is -3.43. The lowest BCUT2D eigenvalue weighted by molar-refractivity contribution is 0.102. The molecule has 0 aromatic heterocycles. The first-order valence-corrected chi connectivity index (χ1v) is 8.57. The molecule has 1 saturated heterocycles. The molecule has 5 nitrogen and oxygen atoms in total. The average Bonchev–Trinajstić information content (AvgIpc) is 3.05. The molecule has 0 radical (unpaired) electrons. The van der Waals surface area contributed by atoms with Gasteiger partial charge in [-0.15, -0.1) is 0 Å². The van der Waals surface area contributed by atoms with E-state index in [4.69, 9.17) is 9.47 Å². The van der Waals surface area contributed by atoms with Crippen LogP contribution in [0.5, 0.6) is 0 Å². The van der Waals surface area contributed by atoms with Crippen LogP contribution in [0.3, 0.4) is 0 Å². The van der Waals surface area contributed by atoms with Crippen molar-refractivity contribution in [2.75, 3.05) is 26.8 Å². The Labute approximate surface area is 125 Å². The standard InChI is InChI=1S/C15H21NO4S/c1-15(11-19-2)5-6-16(10-15)21(17,18)14-4-3-12-8-20-9-13(12)7-14/h3-4,7H,5-6,8-11H2,1-2H3. The van der Waals surface area contributed by atoms with E-state index in [9.17, 15) is 8.42 Å². The Kier molecular flexibility index (Phi) is 3.81. The van der Waals surface area contributed by atoms with Crippen LogP contribution < -0.4 is 0 Å². The third-order valence-electron chi connectivity index (χ3n) is 4.35. The Bertz CT molecular complexity index is 643. The summed E-state index contributed by atoms with van der Waals surface area (Å²) in [5.41, 5.74) is 1.97. The van der Waals surface area contributed by atoms with Crippen molar-refractivity contribution in [2.24, 2.45) is 5.41 Å². The van der Waals surface area contributed by atoms with Gasteiger partial charge in [0.2, 0.25) is 10.0 Å². The Balaban J connectivity index is 1.85. The summed E-state index contributed by atoms with van der Waals surface area (Å²) in [6.07, 6.45) is 0.828. The van der Waals surface area contributed by atoms with Crippen molar-refractivity contribution in [3.8, 4) is 0 Å². The van der Waals surface area contributed by atoms with E-state index in [-0.39, 0.29) is 5.41 Å². The predicted molar refractivity (Wildman–Crippen MR) is 78.3 cm³/mol. The molecule has 0 aliphatic carbocycles. The number of sulfonamides is 1. The third kappa shape index (κ3) is 2.73. The monoisotopic (exact) mass is 311 g/mol. The molecule has 2 heterocycles. The van der Waals surface area contributed by atoms with Crippen LogP contribution in [0, 0.1) is 5.41 Å². The van der Waals surface area contributed by atoms with E-state index in [0.29, 0.717) is 37.8 Å². The van der Waals surface area contributed by atoms with Gasteiger partial charge in [0.15, 0.2) is 0 Å². The number of nitrogens with zero attached hydrogens (tertiary/aromatic N) is 1. The molecule has 21 heavy (non-hydrogen) atoms. The van der Waals surface area contributed by atoms with Crippen LogP contribution in [0.25, 0.3) is 0 Å². The first-order chi connectivity index (χ1) is 9.94. The van der Waals surface area contributed by atoms with Crippen LogP contribution in [-0.4, -0.2) is 39.5 Å². The lowest BCUT2D eigenvalue weighted by Crippen LogP contribution is -2.33. The first-order valence-electron chi connectivity index (χ1n) is 7.13. The van der Waals surface area contributed by atoms with E-state index in [0.717, 1.165) is 17.5 Å². The van der Waals surface area contributed by atoms with Crippen molar-refractivity contribution in [3.63, 3.8) is 0 Å². The van der Waals surface area contributed by atoms with Crippen LogP contribution in [0.2, 0.25) is 0 Å². The van der Waals surface area contributed by atoms with Gasteiger partial charge in [-0.25, -0.2) is 8.42 Å². The lowest BCUT2D eigenvalue weighted by atomic mass is 9.91. The fraction of sp³-hybridized carbons (Fsp3) is 0.600. The molecule has 0 saturated carbocycles. The summed E-state index contributed by atoms with van der Waals surface area (Å²) < 4.78 is 37.7. The molecule has 0 bridgehead atoms. The normalized spacial score (nSPS) is 26.2. The highest BCUT2D eigenvalue weighted by Gasteiger charge is 2.40. The zero-order valence-electron chi connectivity index (χ0n) is 12.5. The molecule has 1 atom stereocenters. The van der Waals surface area contributed by atoms with Crippen LogP contribution >= 0.6 is 0 Å². The van der Waals surface area contributed by atoms with Gasteiger partial charge in [-0.2, -0.15) is 4.31 Å². The number of rotatable bonds is 4. The fourth-order valence-corrected chi connectivity index (χ4v) is 4.75. The second kappa shape index (κ2) is 5.35. The van der Waals surface area contributed by atoms with Gasteiger partial charge in [0, 0.05) is 25.6 Å². The summed E-state index contributed by atoms with van der Waals surface area (Å²) in [7, 11) is -1.77. The van der Waals surface area contributed by atoms with Gasteiger partial charge in [-0.3, -0.25) is 0 Å². The molecule has 3 rings (SSSR count). The molecule has 2 aliphatic rings. The summed E-state index contributed by atoms with van der Waals surface area (Å²) in [6.45, 7) is 4.79. The van der Waals surface area contributed by atoms with Gasteiger partial charge >= 0.3 is 0 Å². The maximum absolute atomic E-state index is 12.8. The molecule has 1 unspecified atom stereocenters. The van der Waals surface area contributed by atoms with E-state index in [1.54, 1.807) is 23.5 Å². The van der Waals surface area contributed by atoms with E-state index >= 15 is 0 Å². The highest BCUT2D eigenvalue weighted by atomic mass is 32.2. The molecule has 0 N–H and O–H groups in total. The summed E-state index contributed by atoms with van der Waals surface area (Å²) in [5.74, 6) is 0. The quantitative estimate of drug-likeness (QED) is 0.850. The molecule has 1 aromatic carbocycles. The molecule has 0 spiro atoms. The fourth-order valence-electron chi connectivity index (χ4n) is 3.11. The van der Waals surface area contributed by atoms with E-state index in [2.05, 4.69) is 6.92 Å². The lowest BCUT2D eigenvalue weighted by Gasteiger charge is -2.23. The van der Waals surface area contributed by atoms with E-state index < -0.39 is 10.0 Å². The van der Waals surface area contributed by atoms with Crippen LogP contribution in [-0.2, 0) is 32.7 Å².